The van der Waals surface area contributed by atoms with Gasteiger partial charge in [0.1, 0.15) is 17.2 Å². The van der Waals surface area contributed by atoms with Crippen molar-refractivity contribution in [2.45, 2.75) is 82.1 Å². The molecule has 0 spiro atoms. The molecule has 2 saturated carbocycles. The predicted octanol–water partition coefficient (Wildman–Crippen LogP) is 6.26. The van der Waals surface area contributed by atoms with Crippen molar-refractivity contribution in [3.63, 3.8) is 0 Å². The molecule has 10 nitrogen and oxygen atoms in total. The Morgan fingerprint density at radius 2 is 1.75 bits per heavy atom. The number of fused-ring (bicyclic) bond motifs is 1. The molecule has 0 aromatic heterocycles. The average Bonchev–Trinajstić information content (AvgIpc) is 4.00. The number of hydrogen-bond acceptors (Lipinski definition) is 8. The molecule has 1 saturated heterocycles. The van der Waals surface area contributed by atoms with Crippen LogP contribution in [-0.2, 0) is 32.6 Å². The lowest BCUT2D eigenvalue weighted by Crippen LogP contribution is -2.60. The van der Waals surface area contributed by atoms with Crippen LogP contribution in [0, 0.1) is 11.8 Å². The van der Waals surface area contributed by atoms with E-state index in [1.807, 2.05) is 24.0 Å². The molecule has 2 amide bonds. The van der Waals surface area contributed by atoms with Crippen LogP contribution >= 0.6 is 0 Å². The van der Waals surface area contributed by atoms with Crippen molar-refractivity contribution < 1.29 is 38.1 Å². The molecule has 4 aliphatic rings. The minimum atomic E-state index is -2.64. The number of rotatable bonds is 18. The van der Waals surface area contributed by atoms with E-state index in [9.17, 15) is 28.6 Å². The molecule has 2 heterocycles. The van der Waals surface area contributed by atoms with Gasteiger partial charge in [0, 0.05) is 62.6 Å². The number of likely N-dealkylation sites (tertiary alicyclic amines) is 1. The standard InChI is InChI=1S/C44H56F2N4O6/c1-30(33-13-18-44(45,46)19-14-33)50(22-21-47-20-15-34-10-12-38(52)41-42(34)56-27-39(53)48-41)40(54)17-24-55-23-16-31-9-11-37(51)36(25-31)43(35-5-3-2-4-6-35)28-49(29-43)26-32-7-8-32/h2-6,9-12,25,30,32-33,47,51-52H,7-8,13-24,26-29H2,1H3,(H,48,53). The van der Waals surface area contributed by atoms with Gasteiger partial charge >= 0.3 is 0 Å². The van der Waals surface area contributed by atoms with Gasteiger partial charge in [0.25, 0.3) is 5.91 Å². The fraction of sp³-hybridized carbons (Fsp3) is 0.545. The van der Waals surface area contributed by atoms with Crippen LogP contribution in [0.3, 0.4) is 0 Å². The van der Waals surface area contributed by atoms with Crippen LogP contribution in [-0.4, -0.2) is 103 Å². The Morgan fingerprint density at radius 3 is 2.50 bits per heavy atom. The van der Waals surface area contributed by atoms with E-state index in [0.717, 1.165) is 42.2 Å². The Balaban J connectivity index is 0.916. The van der Waals surface area contributed by atoms with Crippen LogP contribution in [0.5, 0.6) is 17.2 Å². The number of nitrogens with zero attached hydrogens (tertiary/aromatic N) is 2. The van der Waals surface area contributed by atoms with E-state index in [1.54, 1.807) is 12.1 Å². The number of amides is 2. The fourth-order valence-electron chi connectivity index (χ4n) is 8.81. The number of aromatic hydroxyl groups is 2. The zero-order valence-electron chi connectivity index (χ0n) is 32.4. The number of nitrogens with one attached hydrogen (secondary N) is 2. The number of hydrogen-bond donors (Lipinski definition) is 4. The van der Waals surface area contributed by atoms with Gasteiger partial charge in [-0.05, 0) is 92.7 Å². The molecule has 3 fully saturated rings. The number of anilines is 1. The summed E-state index contributed by atoms with van der Waals surface area (Å²) in [4.78, 5) is 29.8. The summed E-state index contributed by atoms with van der Waals surface area (Å²) in [6.07, 6.45) is 4.45. The molecule has 1 unspecified atom stereocenters. The molecule has 0 radical (unpaired) electrons. The van der Waals surface area contributed by atoms with Gasteiger partial charge in [-0.15, -0.1) is 0 Å². The van der Waals surface area contributed by atoms with Crippen molar-refractivity contribution in [1.82, 2.24) is 15.1 Å². The minimum Gasteiger partial charge on any atom is -0.508 e. The Hall–Kier alpha value is -4.26. The van der Waals surface area contributed by atoms with Crippen LogP contribution < -0.4 is 15.4 Å². The molecular formula is C44H56F2N4O6. The Bertz CT molecular complexity index is 1820. The van der Waals surface area contributed by atoms with Gasteiger partial charge in [0.2, 0.25) is 11.8 Å². The van der Waals surface area contributed by atoms with Crippen molar-refractivity contribution in [2.75, 3.05) is 64.4 Å². The predicted molar refractivity (Wildman–Crippen MR) is 211 cm³/mol. The first-order valence-electron chi connectivity index (χ1n) is 20.3. The molecule has 3 aromatic carbocycles. The van der Waals surface area contributed by atoms with E-state index in [4.69, 9.17) is 9.47 Å². The molecule has 0 bridgehead atoms. The first kappa shape index (κ1) is 40.0. The normalized spacial score (nSPS) is 19.7. The highest BCUT2D eigenvalue weighted by molar-refractivity contribution is 5.97. The van der Waals surface area contributed by atoms with Gasteiger partial charge in [0.05, 0.1) is 19.6 Å². The first-order valence-corrected chi connectivity index (χ1v) is 20.3. The summed E-state index contributed by atoms with van der Waals surface area (Å²) in [5.74, 6) is -1.52. The van der Waals surface area contributed by atoms with Gasteiger partial charge in [-0.1, -0.05) is 48.5 Å². The maximum absolute atomic E-state index is 14.0. The summed E-state index contributed by atoms with van der Waals surface area (Å²) in [7, 11) is 0. The van der Waals surface area contributed by atoms with Crippen LogP contribution in [0.25, 0.3) is 0 Å². The third kappa shape index (κ3) is 9.46. The van der Waals surface area contributed by atoms with E-state index in [-0.39, 0.29) is 73.1 Å². The number of carbonyl (C=O) groups excluding carboxylic acids is 2. The van der Waals surface area contributed by atoms with E-state index < -0.39 is 5.92 Å². The number of benzene rings is 3. The average molecular weight is 775 g/mol. The maximum Gasteiger partial charge on any atom is 0.262 e. The second kappa shape index (κ2) is 17.5. The van der Waals surface area contributed by atoms with Crippen LogP contribution in [0.2, 0.25) is 0 Å². The molecule has 56 heavy (non-hydrogen) atoms. The van der Waals surface area contributed by atoms with Crippen molar-refractivity contribution in [2.24, 2.45) is 11.8 Å². The van der Waals surface area contributed by atoms with Crippen molar-refractivity contribution in [3.8, 4) is 17.2 Å². The number of phenols is 2. The second-order valence-corrected chi connectivity index (χ2v) is 16.3. The molecule has 1 atom stereocenters. The van der Waals surface area contributed by atoms with E-state index >= 15 is 0 Å². The second-order valence-electron chi connectivity index (χ2n) is 16.3. The highest BCUT2D eigenvalue weighted by Crippen LogP contribution is 2.46. The molecule has 4 N–H and O–H groups in total. The minimum absolute atomic E-state index is 0.00491. The Morgan fingerprint density at radius 1 is 1.00 bits per heavy atom. The summed E-state index contributed by atoms with van der Waals surface area (Å²) in [6, 6.07) is 19.4. The number of phenolic OH excluding ortho intramolecular Hbond substituents is 2. The van der Waals surface area contributed by atoms with Crippen molar-refractivity contribution in [3.05, 3.63) is 82.9 Å². The van der Waals surface area contributed by atoms with Crippen LogP contribution in [0.1, 0.15) is 74.1 Å². The monoisotopic (exact) mass is 774 g/mol. The van der Waals surface area contributed by atoms with E-state index in [0.29, 0.717) is 63.4 Å². The van der Waals surface area contributed by atoms with Crippen LogP contribution in [0.4, 0.5) is 14.5 Å². The third-order valence-electron chi connectivity index (χ3n) is 12.3. The number of halogens is 2. The van der Waals surface area contributed by atoms with Gasteiger partial charge in [0.15, 0.2) is 12.4 Å². The molecule has 3 aromatic rings. The van der Waals surface area contributed by atoms with Gasteiger partial charge in [-0.2, -0.15) is 0 Å². The third-order valence-corrected chi connectivity index (χ3v) is 12.3. The maximum atomic E-state index is 14.0. The quantitative estimate of drug-likeness (QED) is 0.0883. The largest absolute Gasteiger partial charge is 0.508 e. The molecular weight excluding hydrogens is 719 g/mol. The highest BCUT2D eigenvalue weighted by atomic mass is 19.3. The lowest BCUT2D eigenvalue weighted by atomic mass is 9.68. The summed E-state index contributed by atoms with van der Waals surface area (Å²) in [5, 5.41) is 27.3. The summed E-state index contributed by atoms with van der Waals surface area (Å²) in [6.45, 7) is 6.89. The molecule has 2 aliphatic carbocycles. The zero-order valence-corrected chi connectivity index (χ0v) is 32.4. The molecule has 302 valence electrons. The van der Waals surface area contributed by atoms with Crippen LogP contribution in [0.15, 0.2) is 60.7 Å². The highest BCUT2D eigenvalue weighted by Gasteiger charge is 2.48. The lowest BCUT2D eigenvalue weighted by Gasteiger charge is -2.51. The zero-order chi connectivity index (χ0) is 39.3. The first-order chi connectivity index (χ1) is 27.0. The Labute approximate surface area is 328 Å². The van der Waals surface area contributed by atoms with Gasteiger partial charge < -0.3 is 40.1 Å². The van der Waals surface area contributed by atoms with E-state index in [2.05, 4.69) is 45.9 Å². The summed E-state index contributed by atoms with van der Waals surface area (Å²) in [5.41, 5.74) is 4.09. The lowest BCUT2D eigenvalue weighted by molar-refractivity contribution is -0.136. The number of alkyl halides is 2. The number of carbonyl (C=O) groups is 2. The number of ether oxygens (including phenoxy) is 2. The topological polar surface area (TPSA) is 124 Å². The van der Waals surface area contributed by atoms with Gasteiger partial charge in [-0.25, -0.2) is 8.78 Å². The Kier molecular flexibility index (Phi) is 12.5. The van der Waals surface area contributed by atoms with Gasteiger partial charge in [-0.3, -0.25) is 9.59 Å². The molecule has 2 aliphatic heterocycles. The smallest absolute Gasteiger partial charge is 0.262 e. The fourth-order valence-corrected chi connectivity index (χ4v) is 8.81. The summed E-state index contributed by atoms with van der Waals surface area (Å²) >= 11 is 0. The SMILES string of the molecule is CC(C1CCC(F)(F)CC1)N(CCNCCc1ccc(O)c2c1OCC(=O)N2)C(=O)CCOCCc1ccc(O)c(C2(c3ccccc3)CN(CC3CC3)C2)c1. The molecule has 7 rings (SSSR count). The summed E-state index contributed by atoms with van der Waals surface area (Å²) < 4.78 is 39.7. The van der Waals surface area contributed by atoms with Crippen molar-refractivity contribution >= 4 is 17.5 Å². The van der Waals surface area contributed by atoms with E-state index in [1.165, 1.54) is 24.5 Å². The molecule has 12 heteroatoms. The van der Waals surface area contributed by atoms with Crippen molar-refractivity contribution in [1.29, 1.82) is 0 Å².